The third kappa shape index (κ3) is 5.51. The van der Waals surface area contributed by atoms with E-state index in [4.69, 9.17) is 11.6 Å². The van der Waals surface area contributed by atoms with Gasteiger partial charge in [-0.05, 0) is 24.1 Å². The number of hydrogen-bond donors (Lipinski definition) is 2. The number of benzene rings is 1. The van der Waals surface area contributed by atoms with E-state index in [1.807, 2.05) is 0 Å². The first-order valence-electron chi connectivity index (χ1n) is 7.27. The molecule has 6 nitrogen and oxygen atoms in total. The second-order valence-electron chi connectivity index (χ2n) is 5.68. The molecule has 1 aliphatic heterocycles. The zero-order chi connectivity index (χ0) is 17.0. The van der Waals surface area contributed by atoms with Crippen molar-refractivity contribution in [3.05, 3.63) is 34.9 Å². The van der Waals surface area contributed by atoms with Crippen molar-refractivity contribution in [1.29, 1.82) is 0 Å². The number of halogens is 1. The summed E-state index contributed by atoms with van der Waals surface area (Å²) in [6.07, 6.45) is 0.470. The predicted octanol–water partition coefficient (Wildman–Crippen LogP) is 1.21. The third-order valence-corrected chi connectivity index (χ3v) is 5.66. The maximum absolute atomic E-state index is 12.2. The van der Waals surface area contributed by atoms with Crippen molar-refractivity contribution in [1.82, 2.24) is 10.6 Å². The summed E-state index contributed by atoms with van der Waals surface area (Å²) in [5.41, 5.74) is 0.763. The first-order valence-corrected chi connectivity index (χ1v) is 9.47. The van der Waals surface area contributed by atoms with E-state index in [0.717, 1.165) is 5.56 Å². The van der Waals surface area contributed by atoms with Gasteiger partial charge in [0.1, 0.15) is 0 Å². The summed E-state index contributed by atoms with van der Waals surface area (Å²) in [5, 5.41) is 6.02. The molecule has 2 amide bonds. The first kappa shape index (κ1) is 17.7. The number of amides is 2. The molecule has 1 aliphatic rings. The molecule has 0 aromatic heterocycles. The number of hydrogen-bond acceptors (Lipinski definition) is 4. The van der Waals surface area contributed by atoms with Gasteiger partial charge in [0, 0.05) is 18.0 Å². The van der Waals surface area contributed by atoms with Gasteiger partial charge in [-0.15, -0.1) is 0 Å². The average molecular weight is 359 g/mol. The van der Waals surface area contributed by atoms with Crippen molar-refractivity contribution in [2.75, 3.05) is 11.5 Å². The standard InChI is InChI=1S/C15H19ClN2O4S/c1-10(19)17-14(11-2-4-12(16)5-3-11)8-15(20)18-13-6-7-23(21,22)9-13/h2-5,13-14H,6-9H2,1H3,(H,17,19)(H,18,20). The molecule has 23 heavy (non-hydrogen) atoms. The number of rotatable bonds is 5. The molecular weight excluding hydrogens is 340 g/mol. The minimum atomic E-state index is -3.04. The first-order chi connectivity index (χ1) is 10.7. The molecule has 1 aromatic carbocycles. The van der Waals surface area contributed by atoms with Crippen LogP contribution in [0, 0.1) is 0 Å². The molecule has 0 saturated carbocycles. The van der Waals surface area contributed by atoms with Crippen LogP contribution < -0.4 is 10.6 Å². The Balaban J connectivity index is 2.01. The highest BCUT2D eigenvalue weighted by atomic mass is 35.5. The van der Waals surface area contributed by atoms with Crippen LogP contribution in [0.5, 0.6) is 0 Å². The minimum Gasteiger partial charge on any atom is -0.352 e. The largest absolute Gasteiger partial charge is 0.352 e. The van der Waals surface area contributed by atoms with E-state index < -0.39 is 15.9 Å². The van der Waals surface area contributed by atoms with Crippen LogP contribution >= 0.6 is 11.6 Å². The third-order valence-electron chi connectivity index (χ3n) is 3.64. The molecule has 1 aromatic rings. The van der Waals surface area contributed by atoms with Crippen LogP contribution in [0.2, 0.25) is 5.02 Å². The summed E-state index contributed by atoms with van der Waals surface area (Å²) in [5.74, 6) is -0.462. The Bertz CT molecular complexity index is 688. The Morgan fingerprint density at radius 1 is 1.30 bits per heavy atom. The molecule has 2 N–H and O–H groups in total. The Morgan fingerprint density at radius 3 is 2.48 bits per heavy atom. The van der Waals surface area contributed by atoms with Gasteiger partial charge in [-0.25, -0.2) is 8.42 Å². The Hall–Kier alpha value is -1.60. The SMILES string of the molecule is CC(=O)NC(CC(=O)NC1CCS(=O)(=O)C1)c1ccc(Cl)cc1. The van der Waals surface area contributed by atoms with Gasteiger partial charge in [0.2, 0.25) is 11.8 Å². The highest BCUT2D eigenvalue weighted by Crippen LogP contribution is 2.20. The van der Waals surface area contributed by atoms with Crippen molar-refractivity contribution < 1.29 is 18.0 Å². The van der Waals surface area contributed by atoms with Gasteiger partial charge in [-0.3, -0.25) is 9.59 Å². The predicted molar refractivity (Wildman–Crippen MR) is 87.8 cm³/mol. The lowest BCUT2D eigenvalue weighted by atomic mass is 10.0. The molecule has 2 unspecified atom stereocenters. The number of carbonyl (C=O) groups is 2. The van der Waals surface area contributed by atoms with E-state index in [-0.39, 0.29) is 35.8 Å². The summed E-state index contributed by atoms with van der Waals surface area (Å²) in [6.45, 7) is 1.38. The molecule has 1 fully saturated rings. The molecule has 0 bridgehead atoms. The molecule has 126 valence electrons. The molecule has 0 radical (unpaired) electrons. The second kappa shape index (κ2) is 7.31. The van der Waals surface area contributed by atoms with Crippen LogP contribution in [-0.4, -0.2) is 37.8 Å². The summed E-state index contributed by atoms with van der Waals surface area (Å²) in [6, 6.07) is 6.03. The van der Waals surface area contributed by atoms with Gasteiger partial charge in [0.25, 0.3) is 0 Å². The maximum Gasteiger partial charge on any atom is 0.222 e. The van der Waals surface area contributed by atoms with E-state index >= 15 is 0 Å². The number of carbonyl (C=O) groups excluding carboxylic acids is 2. The summed E-state index contributed by atoms with van der Waals surface area (Å²) in [7, 11) is -3.04. The van der Waals surface area contributed by atoms with Gasteiger partial charge in [-0.1, -0.05) is 23.7 Å². The van der Waals surface area contributed by atoms with Crippen molar-refractivity contribution >= 4 is 33.3 Å². The van der Waals surface area contributed by atoms with Gasteiger partial charge < -0.3 is 10.6 Å². The zero-order valence-corrected chi connectivity index (χ0v) is 14.3. The van der Waals surface area contributed by atoms with Gasteiger partial charge in [0.15, 0.2) is 9.84 Å². The van der Waals surface area contributed by atoms with E-state index in [9.17, 15) is 18.0 Å². The highest BCUT2D eigenvalue weighted by Gasteiger charge is 2.29. The van der Waals surface area contributed by atoms with Gasteiger partial charge in [-0.2, -0.15) is 0 Å². The molecule has 2 rings (SSSR count). The van der Waals surface area contributed by atoms with Crippen LogP contribution in [-0.2, 0) is 19.4 Å². The Labute approximate surface area is 140 Å². The van der Waals surface area contributed by atoms with Gasteiger partial charge >= 0.3 is 0 Å². The molecule has 8 heteroatoms. The Kier molecular flexibility index (Phi) is 5.64. The van der Waals surface area contributed by atoms with Crippen LogP contribution in [0.3, 0.4) is 0 Å². The molecule has 1 heterocycles. The average Bonchev–Trinajstić information content (AvgIpc) is 2.77. The summed E-state index contributed by atoms with van der Waals surface area (Å²) in [4.78, 5) is 23.5. The molecule has 0 spiro atoms. The quantitative estimate of drug-likeness (QED) is 0.827. The maximum atomic E-state index is 12.2. The number of nitrogens with one attached hydrogen (secondary N) is 2. The lowest BCUT2D eigenvalue weighted by Crippen LogP contribution is -2.38. The van der Waals surface area contributed by atoms with Crippen molar-refractivity contribution in [3.8, 4) is 0 Å². The summed E-state index contributed by atoms with van der Waals surface area (Å²) >= 11 is 5.84. The van der Waals surface area contributed by atoms with E-state index in [2.05, 4.69) is 10.6 Å². The normalized spacial score (nSPS) is 20.7. The smallest absolute Gasteiger partial charge is 0.222 e. The van der Waals surface area contributed by atoms with Crippen LogP contribution in [0.25, 0.3) is 0 Å². The lowest BCUT2D eigenvalue weighted by molar-refractivity contribution is -0.123. The molecule has 1 saturated heterocycles. The Morgan fingerprint density at radius 2 is 1.96 bits per heavy atom. The van der Waals surface area contributed by atoms with Crippen molar-refractivity contribution in [3.63, 3.8) is 0 Å². The van der Waals surface area contributed by atoms with Crippen LogP contribution in [0.4, 0.5) is 0 Å². The van der Waals surface area contributed by atoms with E-state index in [1.54, 1.807) is 24.3 Å². The molecular formula is C15H19ClN2O4S. The van der Waals surface area contributed by atoms with E-state index in [0.29, 0.717) is 11.4 Å². The zero-order valence-electron chi connectivity index (χ0n) is 12.7. The fraction of sp³-hybridized carbons (Fsp3) is 0.467. The van der Waals surface area contributed by atoms with Crippen LogP contribution in [0.1, 0.15) is 31.4 Å². The highest BCUT2D eigenvalue weighted by molar-refractivity contribution is 7.91. The summed E-state index contributed by atoms with van der Waals surface area (Å²) < 4.78 is 22.8. The second-order valence-corrected chi connectivity index (χ2v) is 8.34. The van der Waals surface area contributed by atoms with Crippen molar-refractivity contribution in [2.45, 2.75) is 31.8 Å². The number of sulfone groups is 1. The van der Waals surface area contributed by atoms with Crippen LogP contribution in [0.15, 0.2) is 24.3 Å². The van der Waals surface area contributed by atoms with Gasteiger partial charge in [0.05, 0.1) is 24.0 Å². The monoisotopic (exact) mass is 358 g/mol. The topological polar surface area (TPSA) is 92.3 Å². The molecule has 0 aliphatic carbocycles. The fourth-order valence-corrected chi connectivity index (χ4v) is 4.37. The minimum absolute atomic E-state index is 0.0233. The molecule has 2 atom stereocenters. The van der Waals surface area contributed by atoms with E-state index in [1.165, 1.54) is 6.92 Å². The fourth-order valence-electron chi connectivity index (χ4n) is 2.57. The van der Waals surface area contributed by atoms with Crippen molar-refractivity contribution in [2.24, 2.45) is 0 Å². The lowest BCUT2D eigenvalue weighted by Gasteiger charge is -2.19.